The van der Waals surface area contributed by atoms with Gasteiger partial charge in [0.25, 0.3) is 5.56 Å². The number of nitrogens with one attached hydrogen (secondary N) is 2. The second-order valence-corrected chi connectivity index (χ2v) is 6.13. The summed E-state index contributed by atoms with van der Waals surface area (Å²) >= 11 is 0. The van der Waals surface area contributed by atoms with Crippen LogP contribution in [0.2, 0.25) is 0 Å². The molecule has 0 unspecified atom stereocenters. The molecule has 0 spiro atoms. The lowest BCUT2D eigenvalue weighted by Gasteiger charge is -2.06. The largest absolute Gasteiger partial charge is 0.495 e. The fraction of sp³-hybridized carbons (Fsp3) is 0.200. The first-order chi connectivity index (χ1) is 12.5. The highest BCUT2D eigenvalue weighted by molar-refractivity contribution is 5.81. The average Bonchev–Trinajstić information content (AvgIpc) is 2.92. The van der Waals surface area contributed by atoms with Crippen molar-refractivity contribution < 1.29 is 4.74 Å². The number of hydrogen-bond acceptors (Lipinski definition) is 4. The van der Waals surface area contributed by atoms with Gasteiger partial charge in [-0.15, -0.1) is 0 Å². The predicted octanol–water partition coefficient (Wildman–Crippen LogP) is 3.55. The summed E-state index contributed by atoms with van der Waals surface area (Å²) in [6.07, 6.45) is 1.53. The number of benzene rings is 2. The number of hydrazone groups is 1. The zero-order chi connectivity index (χ0) is 18.7. The van der Waals surface area contributed by atoms with Gasteiger partial charge in [-0.3, -0.25) is 15.3 Å². The minimum atomic E-state index is -0.142. The molecule has 0 saturated heterocycles. The normalized spacial score (nSPS) is 11.1. The van der Waals surface area contributed by atoms with Crippen LogP contribution in [0.4, 0.5) is 5.69 Å². The van der Waals surface area contributed by atoms with Gasteiger partial charge in [0.2, 0.25) is 0 Å². The van der Waals surface area contributed by atoms with Crippen LogP contribution in [0.3, 0.4) is 0 Å². The number of methoxy groups -OCH3 is 1. The van der Waals surface area contributed by atoms with E-state index in [9.17, 15) is 4.79 Å². The maximum absolute atomic E-state index is 12.7. The lowest BCUT2D eigenvalue weighted by atomic mass is 10.1. The zero-order valence-corrected chi connectivity index (χ0v) is 15.3. The number of rotatable bonds is 5. The smallest absolute Gasteiger partial charge is 0.280 e. The van der Waals surface area contributed by atoms with Crippen LogP contribution in [0.5, 0.6) is 5.75 Å². The van der Waals surface area contributed by atoms with Gasteiger partial charge < -0.3 is 4.74 Å². The third-order valence-corrected chi connectivity index (χ3v) is 4.35. The summed E-state index contributed by atoms with van der Waals surface area (Å²) in [5.41, 5.74) is 7.88. The van der Waals surface area contributed by atoms with E-state index in [1.807, 2.05) is 63.2 Å². The molecule has 134 valence electrons. The number of nitrogens with zero attached hydrogens (tertiary/aromatic N) is 2. The number of anilines is 1. The molecule has 0 aliphatic heterocycles. The van der Waals surface area contributed by atoms with E-state index in [4.69, 9.17) is 4.74 Å². The van der Waals surface area contributed by atoms with Gasteiger partial charge in [0.05, 0.1) is 30.3 Å². The molecule has 1 aromatic heterocycles. The Kier molecular flexibility index (Phi) is 4.93. The Morgan fingerprint density at radius 2 is 1.88 bits per heavy atom. The predicted molar refractivity (Wildman–Crippen MR) is 105 cm³/mol. The number of aryl methyl sites for hydroxylation is 3. The molecule has 0 bridgehead atoms. The van der Waals surface area contributed by atoms with E-state index in [0.717, 1.165) is 22.6 Å². The van der Waals surface area contributed by atoms with Crippen molar-refractivity contribution in [1.82, 2.24) is 9.78 Å². The van der Waals surface area contributed by atoms with Gasteiger partial charge in [0, 0.05) is 5.69 Å². The van der Waals surface area contributed by atoms with Gasteiger partial charge in [0.15, 0.2) is 0 Å². The molecule has 0 atom stereocenters. The van der Waals surface area contributed by atoms with Crippen LogP contribution in [-0.4, -0.2) is 23.1 Å². The van der Waals surface area contributed by atoms with Gasteiger partial charge in [0.1, 0.15) is 5.75 Å². The molecule has 0 amide bonds. The fourth-order valence-corrected chi connectivity index (χ4v) is 2.66. The van der Waals surface area contributed by atoms with Crippen LogP contribution in [0.25, 0.3) is 5.69 Å². The first-order valence-electron chi connectivity index (χ1n) is 8.32. The van der Waals surface area contributed by atoms with Gasteiger partial charge in [-0.25, -0.2) is 4.68 Å². The molecule has 0 aliphatic rings. The first kappa shape index (κ1) is 17.5. The van der Waals surface area contributed by atoms with Crippen molar-refractivity contribution in [3.05, 3.63) is 75.2 Å². The Bertz CT molecular complexity index is 1010. The summed E-state index contributed by atoms with van der Waals surface area (Å²) in [5, 5.41) is 7.30. The van der Waals surface area contributed by atoms with E-state index in [1.54, 1.807) is 7.11 Å². The third kappa shape index (κ3) is 3.39. The van der Waals surface area contributed by atoms with Gasteiger partial charge in [-0.05, 0) is 56.2 Å². The Balaban J connectivity index is 1.88. The van der Waals surface area contributed by atoms with E-state index in [2.05, 4.69) is 15.6 Å². The standard InChI is InChI=1S/C20H22N4O2/c1-13-9-10-16(11-14(13)2)24-20(25)17(15(3)23-24)12-21-22-18-7-5-6-8-19(18)26-4/h5-12,22-23H,1-4H3. The van der Waals surface area contributed by atoms with Crippen molar-refractivity contribution >= 4 is 11.9 Å². The summed E-state index contributed by atoms with van der Waals surface area (Å²) in [7, 11) is 1.60. The minimum absolute atomic E-state index is 0.142. The Labute approximate surface area is 152 Å². The minimum Gasteiger partial charge on any atom is -0.495 e. The molecule has 2 N–H and O–H groups in total. The molecule has 3 rings (SSSR count). The molecule has 0 saturated carbocycles. The SMILES string of the molecule is COc1ccccc1NN=Cc1c(C)[nH]n(-c2ccc(C)c(C)c2)c1=O. The highest BCUT2D eigenvalue weighted by Gasteiger charge is 2.11. The Morgan fingerprint density at radius 1 is 1.12 bits per heavy atom. The van der Waals surface area contributed by atoms with Crippen LogP contribution in [0, 0.1) is 20.8 Å². The molecule has 0 radical (unpaired) electrons. The van der Waals surface area contributed by atoms with Crippen molar-refractivity contribution in [3.8, 4) is 11.4 Å². The summed E-state index contributed by atoms with van der Waals surface area (Å²) in [6.45, 7) is 5.92. The fourth-order valence-electron chi connectivity index (χ4n) is 2.66. The highest BCUT2D eigenvalue weighted by Crippen LogP contribution is 2.22. The number of H-pyrrole nitrogens is 1. The van der Waals surface area contributed by atoms with Crippen LogP contribution >= 0.6 is 0 Å². The van der Waals surface area contributed by atoms with Gasteiger partial charge >= 0.3 is 0 Å². The molecule has 6 heteroatoms. The summed E-state index contributed by atoms with van der Waals surface area (Å²) in [6, 6.07) is 13.4. The highest BCUT2D eigenvalue weighted by atomic mass is 16.5. The lowest BCUT2D eigenvalue weighted by molar-refractivity contribution is 0.416. The second-order valence-electron chi connectivity index (χ2n) is 6.13. The van der Waals surface area contributed by atoms with Crippen molar-refractivity contribution in [1.29, 1.82) is 0 Å². The maximum Gasteiger partial charge on any atom is 0.280 e. The molecular weight excluding hydrogens is 328 g/mol. The molecular formula is C20H22N4O2. The van der Waals surface area contributed by atoms with Crippen molar-refractivity contribution in [2.75, 3.05) is 12.5 Å². The van der Waals surface area contributed by atoms with Crippen LogP contribution in [0.15, 0.2) is 52.4 Å². The average molecular weight is 350 g/mol. The van der Waals surface area contributed by atoms with E-state index in [-0.39, 0.29) is 5.56 Å². The molecule has 2 aromatic carbocycles. The quantitative estimate of drug-likeness (QED) is 0.546. The number of aromatic amines is 1. The van der Waals surface area contributed by atoms with Crippen molar-refractivity contribution in [3.63, 3.8) is 0 Å². The number of aromatic nitrogens is 2. The van der Waals surface area contributed by atoms with E-state index in [1.165, 1.54) is 16.5 Å². The zero-order valence-electron chi connectivity index (χ0n) is 15.3. The van der Waals surface area contributed by atoms with Crippen molar-refractivity contribution in [2.24, 2.45) is 5.10 Å². The number of hydrogen-bond donors (Lipinski definition) is 2. The Morgan fingerprint density at radius 3 is 2.62 bits per heavy atom. The molecule has 6 nitrogen and oxygen atoms in total. The van der Waals surface area contributed by atoms with Crippen LogP contribution in [0.1, 0.15) is 22.4 Å². The monoisotopic (exact) mass is 350 g/mol. The van der Waals surface area contributed by atoms with Crippen LogP contribution < -0.4 is 15.7 Å². The van der Waals surface area contributed by atoms with Crippen LogP contribution in [-0.2, 0) is 0 Å². The summed E-state index contributed by atoms with van der Waals surface area (Å²) < 4.78 is 6.80. The third-order valence-electron chi connectivity index (χ3n) is 4.35. The maximum atomic E-state index is 12.7. The molecule has 26 heavy (non-hydrogen) atoms. The van der Waals surface area contributed by atoms with E-state index < -0.39 is 0 Å². The molecule has 0 aliphatic carbocycles. The van der Waals surface area contributed by atoms with Gasteiger partial charge in [-0.2, -0.15) is 5.10 Å². The topological polar surface area (TPSA) is 71.4 Å². The second kappa shape index (κ2) is 7.31. The molecule has 0 fully saturated rings. The number of para-hydroxylation sites is 2. The summed E-state index contributed by atoms with van der Waals surface area (Å²) in [4.78, 5) is 12.7. The van der Waals surface area contributed by atoms with E-state index in [0.29, 0.717) is 11.3 Å². The van der Waals surface area contributed by atoms with Crippen molar-refractivity contribution in [2.45, 2.75) is 20.8 Å². The first-order valence-corrected chi connectivity index (χ1v) is 8.32. The van der Waals surface area contributed by atoms with E-state index >= 15 is 0 Å². The number of ether oxygens (including phenoxy) is 1. The Hall–Kier alpha value is -3.28. The molecule has 3 aromatic rings. The lowest BCUT2D eigenvalue weighted by Crippen LogP contribution is -2.17. The van der Waals surface area contributed by atoms with Gasteiger partial charge in [-0.1, -0.05) is 18.2 Å². The molecule has 1 heterocycles. The summed E-state index contributed by atoms with van der Waals surface area (Å²) in [5.74, 6) is 0.683.